The van der Waals surface area contributed by atoms with Gasteiger partial charge in [-0.1, -0.05) is 51.4 Å². The fourth-order valence-corrected chi connectivity index (χ4v) is 1.93. The quantitative estimate of drug-likeness (QED) is 0.530. The molecule has 0 aromatic heterocycles. The highest BCUT2D eigenvalue weighted by Gasteiger charge is 2.03. The third kappa shape index (κ3) is 3.34. The zero-order chi connectivity index (χ0) is 12.8. The third-order valence-electron chi connectivity index (χ3n) is 2.41. The minimum atomic E-state index is 0.481. The van der Waals surface area contributed by atoms with E-state index >= 15 is 0 Å². The van der Waals surface area contributed by atoms with Crippen LogP contribution in [0.2, 0.25) is 0 Å². The van der Waals surface area contributed by atoms with Gasteiger partial charge in [-0.2, -0.15) is 0 Å². The Labute approximate surface area is 114 Å². The Kier molecular flexibility index (Phi) is 4.36. The smallest absolute Gasteiger partial charge is 0.128 e. The van der Waals surface area contributed by atoms with Crippen molar-refractivity contribution in [3.8, 4) is 5.75 Å². The monoisotopic (exact) mass is 305 g/mol. The van der Waals surface area contributed by atoms with Gasteiger partial charge < -0.3 is 9.94 Å². The van der Waals surface area contributed by atoms with Crippen LogP contribution in [0.1, 0.15) is 11.1 Å². The molecule has 0 bridgehead atoms. The average molecular weight is 306 g/mol. The Morgan fingerprint density at radius 2 is 1.94 bits per heavy atom. The van der Waals surface area contributed by atoms with Crippen LogP contribution in [0.3, 0.4) is 0 Å². The van der Waals surface area contributed by atoms with Gasteiger partial charge in [0.25, 0.3) is 0 Å². The molecular weight excluding hydrogens is 294 g/mol. The van der Waals surface area contributed by atoms with Gasteiger partial charge in [-0.3, -0.25) is 0 Å². The molecule has 0 aliphatic heterocycles. The highest BCUT2D eigenvalue weighted by Crippen LogP contribution is 2.22. The number of hydrogen-bond donors (Lipinski definition) is 1. The lowest BCUT2D eigenvalue weighted by atomic mass is 10.2. The summed E-state index contributed by atoms with van der Waals surface area (Å²) in [6.45, 7) is 0.481. The van der Waals surface area contributed by atoms with Crippen molar-refractivity contribution in [2.75, 3.05) is 0 Å². The molecule has 4 heteroatoms. The van der Waals surface area contributed by atoms with E-state index in [2.05, 4.69) is 21.1 Å². The van der Waals surface area contributed by atoms with Gasteiger partial charge >= 0.3 is 0 Å². The zero-order valence-electron chi connectivity index (χ0n) is 9.58. The molecule has 0 fully saturated rings. The van der Waals surface area contributed by atoms with Gasteiger partial charge in [0, 0.05) is 10.0 Å². The first-order chi connectivity index (χ1) is 8.79. The van der Waals surface area contributed by atoms with Crippen molar-refractivity contribution in [3.63, 3.8) is 0 Å². The van der Waals surface area contributed by atoms with Crippen molar-refractivity contribution in [1.29, 1.82) is 0 Å². The SMILES string of the molecule is O/N=C\c1cc(Br)ccc1OCc1ccccc1. The first-order valence-corrected chi connectivity index (χ1v) is 6.22. The zero-order valence-corrected chi connectivity index (χ0v) is 11.2. The van der Waals surface area contributed by atoms with Crippen LogP contribution in [0.5, 0.6) is 5.75 Å². The van der Waals surface area contributed by atoms with Crippen LogP contribution in [-0.4, -0.2) is 11.4 Å². The molecule has 0 amide bonds. The second-order valence-electron chi connectivity index (χ2n) is 3.70. The summed E-state index contributed by atoms with van der Waals surface area (Å²) in [5, 5.41) is 11.7. The maximum atomic E-state index is 8.62. The minimum Gasteiger partial charge on any atom is -0.488 e. The Morgan fingerprint density at radius 3 is 2.67 bits per heavy atom. The predicted molar refractivity (Wildman–Crippen MR) is 74.3 cm³/mol. The molecule has 2 aromatic rings. The van der Waals surface area contributed by atoms with Crippen LogP contribution in [0.4, 0.5) is 0 Å². The third-order valence-corrected chi connectivity index (χ3v) is 2.90. The van der Waals surface area contributed by atoms with E-state index < -0.39 is 0 Å². The summed E-state index contributed by atoms with van der Waals surface area (Å²) in [7, 11) is 0. The molecular formula is C14H12BrNO2. The normalized spacial score (nSPS) is 10.7. The van der Waals surface area contributed by atoms with E-state index in [9.17, 15) is 0 Å². The molecule has 18 heavy (non-hydrogen) atoms. The van der Waals surface area contributed by atoms with E-state index in [0.29, 0.717) is 12.4 Å². The molecule has 3 nitrogen and oxygen atoms in total. The predicted octanol–water partition coefficient (Wildman–Crippen LogP) is 3.84. The van der Waals surface area contributed by atoms with E-state index in [-0.39, 0.29) is 0 Å². The Hall–Kier alpha value is -1.81. The second kappa shape index (κ2) is 6.21. The van der Waals surface area contributed by atoms with Crippen molar-refractivity contribution in [1.82, 2.24) is 0 Å². The highest BCUT2D eigenvalue weighted by atomic mass is 79.9. The average Bonchev–Trinajstić information content (AvgIpc) is 2.39. The van der Waals surface area contributed by atoms with E-state index in [1.807, 2.05) is 48.5 Å². The van der Waals surface area contributed by atoms with Crippen LogP contribution >= 0.6 is 15.9 Å². The topological polar surface area (TPSA) is 41.8 Å². The lowest BCUT2D eigenvalue weighted by Gasteiger charge is -2.09. The number of ether oxygens (including phenoxy) is 1. The number of oxime groups is 1. The van der Waals surface area contributed by atoms with Gasteiger partial charge in [0.15, 0.2) is 0 Å². The minimum absolute atomic E-state index is 0.481. The van der Waals surface area contributed by atoms with Crippen LogP contribution in [-0.2, 0) is 6.61 Å². The molecule has 1 N–H and O–H groups in total. The summed E-state index contributed by atoms with van der Waals surface area (Å²) >= 11 is 3.36. The van der Waals surface area contributed by atoms with Gasteiger partial charge in [-0.15, -0.1) is 0 Å². The molecule has 92 valence electrons. The van der Waals surface area contributed by atoms with Crippen molar-refractivity contribution in [2.45, 2.75) is 6.61 Å². The van der Waals surface area contributed by atoms with Gasteiger partial charge in [-0.05, 0) is 23.8 Å². The fraction of sp³-hybridized carbons (Fsp3) is 0.0714. The van der Waals surface area contributed by atoms with E-state index in [0.717, 1.165) is 15.6 Å². The molecule has 0 saturated heterocycles. The molecule has 2 rings (SSSR count). The highest BCUT2D eigenvalue weighted by molar-refractivity contribution is 9.10. The van der Waals surface area contributed by atoms with Gasteiger partial charge in [-0.25, -0.2) is 0 Å². The summed E-state index contributed by atoms with van der Waals surface area (Å²) in [5.41, 5.74) is 1.81. The molecule has 0 aliphatic carbocycles. The van der Waals surface area contributed by atoms with Gasteiger partial charge in [0.05, 0.1) is 6.21 Å². The Morgan fingerprint density at radius 1 is 1.17 bits per heavy atom. The molecule has 0 saturated carbocycles. The van der Waals surface area contributed by atoms with E-state index in [1.165, 1.54) is 6.21 Å². The Balaban J connectivity index is 2.14. The number of rotatable bonds is 4. The van der Waals surface area contributed by atoms with Crippen molar-refractivity contribution in [3.05, 3.63) is 64.1 Å². The second-order valence-corrected chi connectivity index (χ2v) is 4.62. The number of nitrogens with zero attached hydrogens (tertiary/aromatic N) is 1. The van der Waals surface area contributed by atoms with Gasteiger partial charge in [0.1, 0.15) is 12.4 Å². The maximum absolute atomic E-state index is 8.62. The molecule has 0 aliphatic rings. The first-order valence-electron chi connectivity index (χ1n) is 5.43. The van der Waals surface area contributed by atoms with Crippen molar-refractivity contribution < 1.29 is 9.94 Å². The maximum Gasteiger partial charge on any atom is 0.128 e. The summed E-state index contributed by atoms with van der Waals surface area (Å²) < 4.78 is 6.61. The first kappa shape index (κ1) is 12.6. The summed E-state index contributed by atoms with van der Waals surface area (Å²) in [6.07, 6.45) is 1.35. The molecule has 0 spiro atoms. The van der Waals surface area contributed by atoms with Crippen molar-refractivity contribution in [2.24, 2.45) is 5.16 Å². The van der Waals surface area contributed by atoms with E-state index in [4.69, 9.17) is 9.94 Å². The lowest BCUT2D eigenvalue weighted by molar-refractivity contribution is 0.304. The van der Waals surface area contributed by atoms with E-state index in [1.54, 1.807) is 0 Å². The molecule has 0 atom stereocenters. The summed E-state index contributed by atoms with van der Waals surface area (Å²) in [4.78, 5) is 0. The molecule has 2 aromatic carbocycles. The number of halogens is 1. The molecule has 0 unspecified atom stereocenters. The number of benzene rings is 2. The molecule has 0 radical (unpaired) electrons. The lowest BCUT2D eigenvalue weighted by Crippen LogP contribution is -1.98. The van der Waals surface area contributed by atoms with Crippen LogP contribution in [0, 0.1) is 0 Å². The van der Waals surface area contributed by atoms with Crippen LogP contribution < -0.4 is 4.74 Å². The Bertz CT molecular complexity index is 541. The van der Waals surface area contributed by atoms with Crippen LogP contribution in [0.25, 0.3) is 0 Å². The molecule has 0 heterocycles. The van der Waals surface area contributed by atoms with Crippen molar-refractivity contribution >= 4 is 22.1 Å². The summed E-state index contributed by atoms with van der Waals surface area (Å²) in [5.74, 6) is 0.680. The van der Waals surface area contributed by atoms with Gasteiger partial charge in [0.2, 0.25) is 0 Å². The largest absolute Gasteiger partial charge is 0.488 e. The summed E-state index contributed by atoms with van der Waals surface area (Å²) in [6, 6.07) is 15.5. The fourth-order valence-electron chi connectivity index (χ4n) is 1.55. The van der Waals surface area contributed by atoms with Crippen LogP contribution in [0.15, 0.2) is 58.2 Å². The number of hydrogen-bond acceptors (Lipinski definition) is 3. The standard InChI is InChI=1S/C14H12BrNO2/c15-13-6-7-14(12(8-13)9-16-17)18-10-11-4-2-1-3-5-11/h1-9,17H,10H2/b16-9-.